The fourth-order valence-electron chi connectivity index (χ4n) is 2.65. The summed E-state index contributed by atoms with van der Waals surface area (Å²) in [6.07, 6.45) is 1.67. The van der Waals surface area contributed by atoms with Gasteiger partial charge in [-0.05, 0) is 30.6 Å². The molecule has 1 aliphatic rings. The molecule has 20 heavy (non-hydrogen) atoms. The lowest BCUT2D eigenvalue weighted by molar-refractivity contribution is -0.136. The van der Waals surface area contributed by atoms with E-state index < -0.39 is 12.1 Å². The zero-order chi connectivity index (χ0) is 15.3. The van der Waals surface area contributed by atoms with Crippen molar-refractivity contribution in [1.29, 1.82) is 0 Å². The van der Waals surface area contributed by atoms with Crippen molar-refractivity contribution in [3.63, 3.8) is 0 Å². The summed E-state index contributed by atoms with van der Waals surface area (Å²) in [5.41, 5.74) is 0. The van der Waals surface area contributed by atoms with Crippen molar-refractivity contribution in [2.24, 2.45) is 17.8 Å². The number of nitrogens with zero attached hydrogens (tertiary/aromatic N) is 1. The smallest absolute Gasteiger partial charge is 0.407 e. The van der Waals surface area contributed by atoms with Gasteiger partial charge in [-0.1, -0.05) is 27.7 Å². The highest BCUT2D eigenvalue weighted by molar-refractivity contribution is 5.86. The average Bonchev–Trinajstić information content (AvgIpc) is 2.43. The number of rotatable bonds is 4. The second-order valence-corrected chi connectivity index (χ2v) is 6.29. The quantitative estimate of drug-likeness (QED) is 0.861. The third kappa shape index (κ3) is 4.39. The molecule has 116 valence electrons. The van der Waals surface area contributed by atoms with E-state index >= 15 is 0 Å². The Morgan fingerprint density at radius 2 is 1.90 bits per heavy atom. The Morgan fingerprint density at radius 3 is 2.40 bits per heavy atom. The van der Waals surface area contributed by atoms with Crippen LogP contribution < -0.4 is 5.32 Å². The maximum absolute atomic E-state index is 12.6. The fourth-order valence-corrected chi connectivity index (χ4v) is 2.65. The summed E-state index contributed by atoms with van der Waals surface area (Å²) in [7, 11) is 1.31. The monoisotopic (exact) mass is 284 g/mol. The van der Waals surface area contributed by atoms with Crippen molar-refractivity contribution in [2.75, 3.05) is 20.2 Å². The van der Waals surface area contributed by atoms with Gasteiger partial charge in [0.25, 0.3) is 0 Å². The molecule has 1 N–H and O–H groups in total. The molecule has 0 unspecified atom stereocenters. The van der Waals surface area contributed by atoms with Crippen molar-refractivity contribution in [3.8, 4) is 0 Å². The molecule has 2 amide bonds. The molecular weight excluding hydrogens is 256 g/mol. The van der Waals surface area contributed by atoms with Crippen LogP contribution in [0.1, 0.15) is 40.5 Å². The molecule has 1 saturated heterocycles. The first-order chi connectivity index (χ1) is 9.36. The number of hydrogen-bond donors (Lipinski definition) is 1. The summed E-state index contributed by atoms with van der Waals surface area (Å²) in [6.45, 7) is 9.85. The highest BCUT2D eigenvalue weighted by atomic mass is 16.5. The standard InChI is InChI=1S/C15H28N2O3/c1-10(2)12-7-6-8-17(9-12)14(18)13(11(3)4)16-15(19)20-5/h10-13H,6-9H2,1-5H3,(H,16,19)/t12-,13+/m1/s1. The molecule has 0 aromatic heterocycles. The second-order valence-electron chi connectivity index (χ2n) is 6.29. The highest BCUT2D eigenvalue weighted by Crippen LogP contribution is 2.24. The molecule has 0 spiro atoms. The summed E-state index contributed by atoms with van der Waals surface area (Å²) in [5.74, 6) is 1.19. The molecule has 0 radical (unpaired) electrons. The van der Waals surface area contributed by atoms with Crippen LogP contribution in [-0.2, 0) is 9.53 Å². The maximum atomic E-state index is 12.6. The number of hydrogen-bond acceptors (Lipinski definition) is 3. The molecule has 0 saturated carbocycles. The van der Waals surface area contributed by atoms with E-state index in [2.05, 4.69) is 23.9 Å². The lowest BCUT2D eigenvalue weighted by Gasteiger charge is -2.37. The predicted octanol–water partition coefficient (Wildman–Crippen LogP) is 2.26. The van der Waals surface area contributed by atoms with E-state index in [9.17, 15) is 9.59 Å². The van der Waals surface area contributed by atoms with Gasteiger partial charge in [-0.3, -0.25) is 4.79 Å². The molecule has 5 heteroatoms. The van der Waals surface area contributed by atoms with Crippen molar-refractivity contribution in [2.45, 2.75) is 46.6 Å². The Morgan fingerprint density at radius 1 is 1.25 bits per heavy atom. The zero-order valence-electron chi connectivity index (χ0n) is 13.3. The maximum Gasteiger partial charge on any atom is 0.407 e. The Labute approximate surface area is 122 Å². The number of likely N-dealkylation sites (tertiary alicyclic amines) is 1. The molecule has 2 atom stereocenters. The number of piperidine rings is 1. The normalized spacial score (nSPS) is 20.9. The summed E-state index contributed by atoms with van der Waals surface area (Å²) in [4.78, 5) is 25.9. The van der Waals surface area contributed by atoms with Gasteiger partial charge in [-0.25, -0.2) is 4.79 Å². The fraction of sp³-hybridized carbons (Fsp3) is 0.867. The SMILES string of the molecule is COC(=O)N[C@H](C(=O)N1CCC[C@@H](C(C)C)C1)C(C)C. The Kier molecular flexibility index (Phi) is 6.30. The summed E-state index contributed by atoms with van der Waals surface area (Å²) >= 11 is 0. The summed E-state index contributed by atoms with van der Waals surface area (Å²) in [6, 6.07) is -0.506. The second kappa shape index (κ2) is 7.50. The van der Waals surface area contributed by atoms with E-state index in [4.69, 9.17) is 0 Å². The third-order valence-corrected chi connectivity index (χ3v) is 4.10. The molecule has 1 rings (SSSR count). The highest BCUT2D eigenvalue weighted by Gasteiger charge is 2.32. The molecular formula is C15H28N2O3. The van der Waals surface area contributed by atoms with Crippen LogP contribution in [0.2, 0.25) is 0 Å². The summed E-state index contributed by atoms with van der Waals surface area (Å²) < 4.78 is 4.61. The molecule has 0 aromatic carbocycles. The van der Waals surface area contributed by atoms with E-state index in [1.54, 1.807) is 0 Å². The van der Waals surface area contributed by atoms with Crippen LogP contribution in [-0.4, -0.2) is 43.1 Å². The van der Waals surface area contributed by atoms with Gasteiger partial charge < -0.3 is 15.0 Å². The molecule has 1 aliphatic heterocycles. The van der Waals surface area contributed by atoms with Crippen molar-refractivity contribution < 1.29 is 14.3 Å². The van der Waals surface area contributed by atoms with E-state index in [-0.39, 0.29) is 11.8 Å². The first kappa shape index (κ1) is 16.8. The number of ether oxygens (including phenoxy) is 1. The third-order valence-electron chi connectivity index (χ3n) is 4.10. The van der Waals surface area contributed by atoms with Crippen LogP contribution >= 0.6 is 0 Å². The van der Waals surface area contributed by atoms with Crippen molar-refractivity contribution in [3.05, 3.63) is 0 Å². The number of alkyl carbamates (subject to hydrolysis) is 1. The molecule has 5 nitrogen and oxygen atoms in total. The number of methoxy groups -OCH3 is 1. The number of nitrogens with one attached hydrogen (secondary N) is 1. The van der Waals surface area contributed by atoms with Crippen LogP contribution in [0.3, 0.4) is 0 Å². The Hall–Kier alpha value is -1.26. The van der Waals surface area contributed by atoms with Crippen molar-refractivity contribution >= 4 is 12.0 Å². The van der Waals surface area contributed by atoms with Crippen LogP contribution in [0.5, 0.6) is 0 Å². The molecule has 0 bridgehead atoms. The van der Waals surface area contributed by atoms with Gasteiger partial charge >= 0.3 is 6.09 Å². The van der Waals surface area contributed by atoms with E-state index in [0.29, 0.717) is 11.8 Å². The van der Waals surface area contributed by atoms with E-state index in [1.807, 2.05) is 18.7 Å². The molecule has 1 fully saturated rings. The van der Waals surface area contributed by atoms with Gasteiger partial charge in [0.05, 0.1) is 7.11 Å². The zero-order valence-corrected chi connectivity index (χ0v) is 13.3. The van der Waals surface area contributed by atoms with E-state index in [1.165, 1.54) is 13.5 Å². The predicted molar refractivity (Wildman–Crippen MR) is 78.3 cm³/mol. The Bertz CT molecular complexity index is 342. The van der Waals surface area contributed by atoms with Crippen molar-refractivity contribution in [1.82, 2.24) is 10.2 Å². The average molecular weight is 284 g/mol. The largest absolute Gasteiger partial charge is 0.453 e. The van der Waals surface area contributed by atoms with Gasteiger partial charge in [0.2, 0.25) is 5.91 Å². The minimum atomic E-state index is -0.547. The Balaban J connectivity index is 2.71. The topological polar surface area (TPSA) is 58.6 Å². The minimum Gasteiger partial charge on any atom is -0.453 e. The lowest BCUT2D eigenvalue weighted by atomic mass is 9.87. The van der Waals surface area contributed by atoms with Gasteiger partial charge in [-0.15, -0.1) is 0 Å². The van der Waals surface area contributed by atoms with Crippen LogP contribution in [0.4, 0.5) is 4.79 Å². The van der Waals surface area contributed by atoms with Crippen LogP contribution in [0.15, 0.2) is 0 Å². The number of carbonyl (C=O) groups excluding carboxylic acids is 2. The molecule has 0 aromatic rings. The number of carbonyl (C=O) groups is 2. The first-order valence-corrected chi connectivity index (χ1v) is 7.50. The van der Waals surface area contributed by atoms with Crippen LogP contribution in [0.25, 0.3) is 0 Å². The first-order valence-electron chi connectivity index (χ1n) is 7.50. The minimum absolute atomic E-state index is 0.00995. The van der Waals surface area contributed by atoms with Gasteiger partial charge in [0.1, 0.15) is 6.04 Å². The van der Waals surface area contributed by atoms with Crippen LogP contribution in [0, 0.1) is 17.8 Å². The summed E-state index contributed by atoms with van der Waals surface area (Å²) in [5, 5.41) is 2.65. The number of amides is 2. The van der Waals surface area contributed by atoms with Gasteiger partial charge in [0.15, 0.2) is 0 Å². The lowest BCUT2D eigenvalue weighted by Crippen LogP contribution is -2.53. The van der Waals surface area contributed by atoms with Gasteiger partial charge in [-0.2, -0.15) is 0 Å². The molecule has 0 aliphatic carbocycles. The van der Waals surface area contributed by atoms with E-state index in [0.717, 1.165) is 19.5 Å². The van der Waals surface area contributed by atoms with Gasteiger partial charge in [0, 0.05) is 13.1 Å². The molecule has 1 heterocycles.